The van der Waals surface area contributed by atoms with Crippen LogP contribution in [0, 0.1) is 0 Å². The van der Waals surface area contributed by atoms with Crippen molar-refractivity contribution < 1.29 is 9.53 Å². The summed E-state index contributed by atoms with van der Waals surface area (Å²) in [6.45, 7) is 8.54. The Morgan fingerprint density at radius 2 is 2.18 bits per heavy atom. The highest BCUT2D eigenvalue weighted by Crippen LogP contribution is 2.22. The van der Waals surface area contributed by atoms with Gasteiger partial charge in [0, 0.05) is 13.1 Å². The van der Waals surface area contributed by atoms with Crippen LogP contribution in [0.2, 0.25) is 0 Å². The molecule has 2 aliphatic rings. The van der Waals surface area contributed by atoms with E-state index in [0.29, 0.717) is 6.54 Å². The highest BCUT2D eigenvalue weighted by molar-refractivity contribution is 5.82. The van der Waals surface area contributed by atoms with Gasteiger partial charge in [-0.05, 0) is 40.2 Å². The number of carbonyl (C=O) groups excluding carboxylic acids is 1. The number of nitrogens with one attached hydrogen (secondary N) is 1. The molecule has 1 unspecified atom stereocenters. The molecule has 2 saturated heterocycles. The van der Waals surface area contributed by atoms with Crippen LogP contribution >= 0.6 is 0 Å². The third kappa shape index (κ3) is 3.19. The Labute approximate surface area is 104 Å². The van der Waals surface area contributed by atoms with Gasteiger partial charge in [-0.25, -0.2) is 0 Å². The molecule has 1 amide bonds. The van der Waals surface area contributed by atoms with Crippen LogP contribution in [0.15, 0.2) is 0 Å². The second-order valence-electron chi connectivity index (χ2n) is 5.91. The number of nitrogens with zero attached hydrogens (tertiary/aromatic N) is 1. The van der Waals surface area contributed by atoms with E-state index in [1.807, 2.05) is 11.8 Å². The normalized spacial score (nSPS) is 33.5. The molecule has 2 rings (SSSR count). The van der Waals surface area contributed by atoms with E-state index < -0.39 is 0 Å². The first-order valence-electron chi connectivity index (χ1n) is 6.68. The van der Waals surface area contributed by atoms with Crippen molar-refractivity contribution in [2.75, 3.05) is 19.6 Å². The molecule has 0 aromatic heterocycles. The van der Waals surface area contributed by atoms with Crippen LogP contribution in [0.3, 0.4) is 0 Å². The molecular formula is C13H24N2O2. The van der Waals surface area contributed by atoms with E-state index in [0.717, 1.165) is 25.9 Å². The molecule has 98 valence electrons. The number of ether oxygens (including phenoxy) is 1. The van der Waals surface area contributed by atoms with Gasteiger partial charge in [0.1, 0.15) is 0 Å². The Kier molecular flexibility index (Phi) is 3.73. The molecule has 2 atom stereocenters. The summed E-state index contributed by atoms with van der Waals surface area (Å²) < 4.78 is 5.83. The minimum atomic E-state index is -0.220. The van der Waals surface area contributed by atoms with Crippen molar-refractivity contribution in [1.82, 2.24) is 10.2 Å². The maximum absolute atomic E-state index is 12.4. The van der Waals surface area contributed by atoms with Crippen molar-refractivity contribution in [2.45, 2.75) is 57.8 Å². The molecule has 2 fully saturated rings. The van der Waals surface area contributed by atoms with Crippen LogP contribution in [0.5, 0.6) is 0 Å². The predicted molar refractivity (Wildman–Crippen MR) is 66.8 cm³/mol. The maximum atomic E-state index is 12.4. The van der Waals surface area contributed by atoms with Gasteiger partial charge in [0.05, 0.1) is 17.7 Å². The van der Waals surface area contributed by atoms with E-state index in [-0.39, 0.29) is 23.7 Å². The van der Waals surface area contributed by atoms with Crippen molar-refractivity contribution >= 4 is 5.91 Å². The van der Waals surface area contributed by atoms with E-state index in [4.69, 9.17) is 4.74 Å². The summed E-state index contributed by atoms with van der Waals surface area (Å²) in [5.41, 5.74) is -0.220. The van der Waals surface area contributed by atoms with Gasteiger partial charge in [-0.2, -0.15) is 0 Å². The van der Waals surface area contributed by atoms with E-state index in [2.05, 4.69) is 19.2 Å². The van der Waals surface area contributed by atoms with E-state index in [1.165, 1.54) is 6.42 Å². The van der Waals surface area contributed by atoms with Gasteiger partial charge >= 0.3 is 0 Å². The Morgan fingerprint density at radius 1 is 1.41 bits per heavy atom. The molecule has 0 radical (unpaired) electrons. The number of hydrogen-bond acceptors (Lipinski definition) is 3. The maximum Gasteiger partial charge on any atom is 0.239 e. The Morgan fingerprint density at radius 3 is 2.76 bits per heavy atom. The van der Waals surface area contributed by atoms with Crippen molar-refractivity contribution in [3.8, 4) is 0 Å². The largest absolute Gasteiger partial charge is 0.369 e. The fraction of sp³-hybridized carbons (Fsp3) is 0.923. The lowest BCUT2D eigenvalue weighted by molar-refractivity contribution is -0.160. The summed E-state index contributed by atoms with van der Waals surface area (Å²) in [6.07, 6.45) is 3.46. The second-order valence-corrected chi connectivity index (χ2v) is 5.91. The van der Waals surface area contributed by atoms with Crippen LogP contribution in [0.4, 0.5) is 0 Å². The van der Waals surface area contributed by atoms with Crippen molar-refractivity contribution in [3.63, 3.8) is 0 Å². The molecule has 2 heterocycles. The number of carbonyl (C=O) groups is 1. The zero-order valence-electron chi connectivity index (χ0n) is 11.2. The topological polar surface area (TPSA) is 41.6 Å². The zero-order valence-corrected chi connectivity index (χ0v) is 11.2. The first-order valence-corrected chi connectivity index (χ1v) is 6.68. The molecule has 4 heteroatoms. The molecule has 4 nitrogen and oxygen atoms in total. The molecular weight excluding hydrogens is 216 g/mol. The molecule has 0 aromatic carbocycles. The van der Waals surface area contributed by atoms with Gasteiger partial charge < -0.3 is 15.0 Å². The molecule has 1 N–H and O–H groups in total. The van der Waals surface area contributed by atoms with Gasteiger partial charge in [-0.1, -0.05) is 6.42 Å². The number of amides is 1. The van der Waals surface area contributed by atoms with Crippen LogP contribution in [-0.4, -0.2) is 48.2 Å². The van der Waals surface area contributed by atoms with Crippen molar-refractivity contribution in [1.29, 1.82) is 0 Å². The summed E-state index contributed by atoms with van der Waals surface area (Å²) in [6, 6.07) is 0.0323. The van der Waals surface area contributed by atoms with E-state index in [1.54, 1.807) is 0 Å². The van der Waals surface area contributed by atoms with E-state index in [9.17, 15) is 4.79 Å². The summed E-state index contributed by atoms with van der Waals surface area (Å²) in [5.74, 6) is 0.257. The monoisotopic (exact) mass is 240 g/mol. The molecule has 17 heavy (non-hydrogen) atoms. The Hall–Kier alpha value is -0.610. The zero-order chi connectivity index (χ0) is 12.5. The predicted octanol–water partition coefficient (Wildman–Crippen LogP) is 1.15. The third-order valence-electron chi connectivity index (χ3n) is 3.49. The molecule has 2 aliphatic heterocycles. The van der Waals surface area contributed by atoms with Crippen LogP contribution < -0.4 is 5.32 Å². The lowest BCUT2D eigenvalue weighted by atomic mass is 10.0. The fourth-order valence-corrected chi connectivity index (χ4v) is 2.90. The lowest BCUT2D eigenvalue weighted by Crippen LogP contribution is -2.58. The summed E-state index contributed by atoms with van der Waals surface area (Å²) in [5, 5.41) is 3.33. The average Bonchev–Trinajstić information content (AvgIpc) is 2.26. The summed E-state index contributed by atoms with van der Waals surface area (Å²) >= 11 is 0. The quantitative estimate of drug-likeness (QED) is 0.747. The molecule has 0 aromatic rings. The number of rotatable bonds is 1. The first kappa shape index (κ1) is 12.8. The Bertz CT molecular complexity index is 285. The van der Waals surface area contributed by atoms with Crippen molar-refractivity contribution in [3.05, 3.63) is 0 Å². The fourth-order valence-electron chi connectivity index (χ4n) is 2.90. The minimum absolute atomic E-state index is 0.0323. The highest BCUT2D eigenvalue weighted by atomic mass is 16.5. The smallest absolute Gasteiger partial charge is 0.239 e. The van der Waals surface area contributed by atoms with Crippen LogP contribution in [0.25, 0.3) is 0 Å². The van der Waals surface area contributed by atoms with Gasteiger partial charge in [0.2, 0.25) is 5.91 Å². The molecule has 0 aliphatic carbocycles. The molecule has 0 bridgehead atoms. The molecule has 0 saturated carbocycles. The Balaban J connectivity index is 1.98. The van der Waals surface area contributed by atoms with E-state index >= 15 is 0 Å². The summed E-state index contributed by atoms with van der Waals surface area (Å²) in [7, 11) is 0. The molecule has 0 spiro atoms. The average molecular weight is 240 g/mol. The third-order valence-corrected chi connectivity index (χ3v) is 3.49. The van der Waals surface area contributed by atoms with Gasteiger partial charge in [0.15, 0.2) is 0 Å². The minimum Gasteiger partial charge on any atom is -0.369 e. The van der Waals surface area contributed by atoms with Crippen LogP contribution in [-0.2, 0) is 9.53 Å². The number of morpholine rings is 1. The number of piperidine rings is 1. The standard InChI is InChI=1S/C13H24N2O2/c1-10-8-15(9-13(2,3)17-10)12(16)11-6-4-5-7-14-11/h10-11,14H,4-9H2,1-3H3/t10?,11-/m1/s1. The highest BCUT2D eigenvalue weighted by Gasteiger charge is 2.36. The van der Waals surface area contributed by atoms with Gasteiger partial charge in [0.25, 0.3) is 0 Å². The van der Waals surface area contributed by atoms with Gasteiger partial charge in [-0.15, -0.1) is 0 Å². The summed E-state index contributed by atoms with van der Waals surface area (Å²) in [4.78, 5) is 14.4. The van der Waals surface area contributed by atoms with Crippen molar-refractivity contribution in [2.24, 2.45) is 0 Å². The SMILES string of the molecule is CC1CN(C(=O)[C@H]2CCCCN2)CC(C)(C)O1. The second kappa shape index (κ2) is 4.94. The number of hydrogen-bond donors (Lipinski definition) is 1. The van der Waals surface area contributed by atoms with Crippen LogP contribution in [0.1, 0.15) is 40.0 Å². The first-order chi connectivity index (χ1) is 7.98. The lowest BCUT2D eigenvalue weighted by Gasteiger charge is -2.43. The van der Waals surface area contributed by atoms with Gasteiger partial charge in [-0.3, -0.25) is 4.79 Å².